The fourth-order valence-corrected chi connectivity index (χ4v) is 0.676. The molecular weight excluding hydrogens is 164 g/mol. The number of hydrogen-bond acceptors (Lipinski definition) is 2. The van der Waals surface area contributed by atoms with E-state index in [1.165, 1.54) is 0 Å². The summed E-state index contributed by atoms with van der Waals surface area (Å²) in [7, 11) is 0. The first-order valence-corrected chi connectivity index (χ1v) is 3.55. The van der Waals surface area contributed by atoms with Crippen LogP contribution in [0.15, 0.2) is 11.1 Å². The molecule has 4 N–H and O–H groups in total. The quantitative estimate of drug-likeness (QED) is 0.482. The summed E-state index contributed by atoms with van der Waals surface area (Å²) < 4.78 is 0. The molecule has 0 aromatic heterocycles. The smallest absolute Gasteiger partial charge is 0.0995 e. The predicted molar refractivity (Wildman–Crippen MR) is 51.9 cm³/mol. The van der Waals surface area contributed by atoms with Gasteiger partial charge >= 0.3 is 0 Å². The number of hydrogen-bond donors (Lipinski definition) is 2. The Bertz CT molecular complexity index is 184. The van der Waals surface area contributed by atoms with E-state index in [4.69, 9.17) is 35.9 Å². The molecule has 0 saturated carbocycles. The van der Waals surface area contributed by atoms with Crippen LogP contribution in [-0.2, 0) is 0 Å². The highest BCUT2D eigenvalue weighted by Crippen LogP contribution is 2.02. The first kappa shape index (κ1) is 9.52. The van der Waals surface area contributed by atoms with Crippen LogP contribution >= 0.6 is 24.4 Å². The SMILES string of the molecule is CC(C(N)=S)=C(C)C(N)=S. The molecule has 4 heteroatoms. The lowest BCUT2D eigenvalue weighted by molar-refractivity contribution is 1.43. The van der Waals surface area contributed by atoms with E-state index in [0.717, 1.165) is 11.1 Å². The molecule has 0 heterocycles. The molecule has 2 nitrogen and oxygen atoms in total. The zero-order chi connectivity index (χ0) is 8.31. The molecule has 0 amide bonds. The summed E-state index contributed by atoms with van der Waals surface area (Å²) in [5.41, 5.74) is 12.3. The first-order valence-electron chi connectivity index (χ1n) is 2.74. The summed E-state index contributed by atoms with van der Waals surface area (Å²) in [5.74, 6) is 0. The third-order valence-electron chi connectivity index (χ3n) is 1.30. The summed E-state index contributed by atoms with van der Waals surface area (Å²) in [5, 5.41) is 0. The van der Waals surface area contributed by atoms with E-state index in [2.05, 4.69) is 0 Å². The first-order chi connectivity index (χ1) is 4.46. The highest BCUT2D eigenvalue weighted by atomic mass is 32.1. The largest absolute Gasteiger partial charge is 0.390 e. The average Bonchev–Trinajstić information content (AvgIpc) is 1.84. The molecule has 0 atom stereocenters. The van der Waals surface area contributed by atoms with E-state index in [1.54, 1.807) is 13.8 Å². The van der Waals surface area contributed by atoms with E-state index in [9.17, 15) is 0 Å². The van der Waals surface area contributed by atoms with Crippen molar-refractivity contribution in [2.24, 2.45) is 11.5 Å². The molecule has 0 spiro atoms. The predicted octanol–water partition coefficient (Wildman–Crippen LogP) is 0.895. The van der Waals surface area contributed by atoms with Gasteiger partial charge in [0.25, 0.3) is 0 Å². The van der Waals surface area contributed by atoms with E-state index in [0.29, 0.717) is 9.98 Å². The fourth-order valence-electron chi connectivity index (χ4n) is 0.370. The van der Waals surface area contributed by atoms with Gasteiger partial charge in [0, 0.05) is 0 Å². The van der Waals surface area contributed by atoms with Crippen LogP contribution < -0.4 is 11.5 Å². The van der Waals surface area contributed by atoms with Crippen molar-refractivity contribution in [2.75, 3.05) is 0 Å². The number of thiocarbonyl (C=S) groups is 2. The van der Waals surface area contributed by atoms with Gasteiger partial charge in [-0.15, -0.1) is 0 Å². The Morgan fingerprint density at radius 3 is 1.20 bits per heavy atom. The van der Waals surface area contributed by atoms with E-state index in [1.807, 2.05) is 0 Å². The topological polar surface area (TPSA) is 52.0 Å². The van der Waals surface area contributed by atoms with Gasteiger partial charge in [-0.25, -0.2) is 0 Å². The maximum Gasteiger partial charge on any atom is 0.0995 e. The second kappa shape index (κ2) is 3.63. The van der Waals surface area contributed by atoms with Gasteiger partial charge in [0.05, 0.1) is 9.98 Å². The molecule has 0 bridgehead atoms. The van der Waals surface area contributed by atoms with Gasteiger partial charge in [-0.05, 0) is 25.0 Å². The Morgan fingerprint density at radius 2 is 1.10 bits per heavy atom. The molecule has 0 fully saturated rings. The van der Waals surface area contributed by atoms with Crippen molar-refractivity contribution in [3.63, 3.8) is 0 Å². The normalized spacial score (nSPS) is 12.2. The summed E-state index contributed by atoms with van der Waals surface area (Å²) in [6.45, 7) is 3.60. The van der Waals surface area contributed by atoms with Crippen molar-refractivity contribution < 1.29 is 0 Å². The minimum Gasteiger partial charge on any atom is -0.390 e. The summed E-state index contributed by atoms with van der Waals surface area (Å²) in [4.78, 5) is 0.704. The Morgan fingerprint density at radius 1 is 0.900 bits per heavy atom. The van der Waals surface area contributed by atoms with Gasteiger partial charge in [0.2, 0.25) is 0 Å². The van der Waals surface area contributed by atoms with Crippen molar-refractivity contribution in [3.8, 4) is 0 Å². The van der Waals surface area contributed by atoms with Crippen molar-refractivity contribution in [3.05, 3.63) is 11.1 Å². The molecular formula is C6H10N2S2. The Labute approximate surface area is 71.3 Å². The van der Waals surface area contributed by atoms with Crippen LogP contribution in [-0.4, -0.2) is 9.98 Å². The van der Waals surface area contributed by atoms with Gasteiger partial charge in [0.15, 0.2) is 0 Å². The standard InChI is InChI=1S/C6H10N2S2/c1-3(5(7)9)4(2)6(8)10/h1-2H3,(H2,7,9)(H2,8,10). The fraction of sp³-hybridized carbons (Fsp3) is 0.333. The van der Waals surface area contributed by atoms with Crippen molar-refractivity contribution in [2.45, 2.75) is 13.8 Å². The zero-order valence-corrected chi connectivity index (χ0v) is 7.60. The highest BCUT2D eigenvalue weighted by Gasteiger charge is 2.00. The van der Waals surface area contributed by atoms with Crippen LogP contribution in [0.3, 0.4) is 0 Å². The molecule has 0 aromatic rings. The van der Waals surface area contributed by atoms with E-state index in [-0.39, 0.29) is 0 Å². The minimum absolute atomic E-state index is 0.352. The van der Waals surface area contributed by atoms with Crippen molar-refractivity contribution >= 4 is 34.4 Å². The minimum atomic E-state index is 0.352. The van der Waals surface area contributed by atoms with Crippen molar-refractivity contribution in [1.29, 1.82) is 0 Å². The Balaban J connectivity index is 4.67. The molecule has 10 heavy (non-hydrogen) atoms. The molecule has 0 aliphatic carbocycles. The van der Waals surface area contributed by atoms with Crippen LogP contribution in [0.5, 0.6) is 0 Å². The van der Waals surface area contributed by atoms with Crippen LogP contribution in [0, 0.1) is 0 Å². The van der Waals surface area contributed by atoms with E-state index < -0.39 is 0 Å². The number of nitrogens with two attached hydrogens (primary N) is 2. The zero-order valence-electron chi connectivity index (χ0n) is 5.97. The number of rotatable bonds is 2. The summed E-state index contributed by atoms with van der Waals surface area (Å²) >= 11 is 9.44. The molecule has 56 valence electrons. The lowest BCUT2D eigenvalue weighted by Crippen LogP contribution is -2.17. The molecule has 0 aromatic carbocycles. The average molecular weight is 174 g/mol. The molecule has 0 aliphatic heterocycles. The van der Waals surface area contributed by atoms with Crippen molar-refractivity contribution in [1.82, 2.24) is 0 Å². The van der Waals surface area contributed by atoms with Crippen LogP contribution in [0.25, 0.3) is 0 Å². The van der Waals surface area contributed by atoms with E-state index >= 15 is 0 Å². The van der Waals surface area contributed by atoms with Gasteiger partial charge in [0.1, 0.15) is 0 Å². The van der Waals surface area contributed by atoms with Crippen LogP contribution in [0.2, 0.25) is 0 Å². The second-order valence-corrected chi connectivity index (χ2v) is 2.86. The van der Waals surface area contributed by atoms with Gasteiger partial charge < -0.3 is 11.5 Å². The molecule has 0 saturated heterocycles. The maximum atomic E-state index is 5.33. The third kappa shape index (κ3) is 2.41. The lowest BCUT2D eigenvalue weighted by Gasteiger charge is -2.02. The Hall–Kier alpha value is -0.480. The molecule has 0 unspecified atom stereocenters. The maximum absolute atomic E-state index is 5.33. The molecule has 0 aliphatic rings. The third-order valence-corrected chi connectivity index (χ3v) is 1.91. The van der Waals surface area contributed by atoms with Crippen LogP contribution in [0.4, 0.5) is 0 Å². The van der Waals surface area contributed by atoms with Gasteiger partial charge in [-0.3, -0.25) is 0 Å². The lowest BCUT2D eigenvalue weighted by atomic mass is 10.1. The highest BCUT2D eigenvalue weighted by molar-refractivity contribution is 7.81. The van der Waals surface area contributed by atoms with Gasteiger partial charge in [-0.1, -0.05) is 24.4 Å². The second-order valence-electron chi connectivity index (χ2n) is 1.98. The molecule has 0 rings (SSSR count). The summed E-state index contributed by atoms with van der Waals surface area (Å²) in [6.07, 6.45) is 0. The molecule has 0 radical (unpaired) electrons. The monoisotopic (exact) mass is 174 g/mol. The Kier molecular flexibility index (Phi) is 3.46. The van der Waals surface area contributed by atoms with Gasteiger partial charge in [-0.2, -0.15) is 0 Å². The van der Waals surface area contributed by atoms with Crippen LogP contribution in [0.1, 0.15) is 13.8 Å². The summed E-state index contributed by atoms with van der Waals surface area (Å²) in [6, 6.07) is 0.